The Kier molecular flexibility index (Phi) is 8.63. The van der Waals surface area contributed by atoms with E-state index in [9.17, 15) is 4.79 Å². The molecule has 0 atom stereocenters. The SMILES string of the molecule is CCN1CS/C(=C\C2=Cc3cc4c(cc3C23CCCCC3)-c2cc3c(cc2C42CCCCC2)C=C(/C=C2\SC(=S)N(CC)C2=O)C32CCCCC2)C1=S. The molecule has 8 aliphatic rings. The predicted molar refractivity (Wildman–Crippen MR) is 232 cm³/mol. The van der Waals surface area contributed by atoms with Crippen LogP contribution in [0.25, 0.3) is 23.3 Å². The van der Waals surface area contributed by atoms with Crippen molar-refractivity contribution in [3.05, 3.63) is 90.8 Å². The monoisotopic (exact) mass is 774 g/mol. The summed E-state index contributed by atoms with van der Waals surface area (Å²) in [6.07, 6.45) is 28.6. The Labute approximate surface area is 335 Å². The van der Waals surface area contributed by atoms with Crippen LogP contribution < -0.4 is 0 Å². The Balaban J connectivity index is 1.12. The van der Waals surface area contributed by atoms with Gasteiger partial charge in [0.1, 0.15) is 9.31 Å². The van der Waals surface area contributed by atoms with Gasteiger partial charge in [-0.25, -0.2) is 0 Å². The van der Waals surface area contributed by atoms with E-state index in [2.05, 4.69) is 60.4 Å². The van der Waals surface area contributed by atoms with Crippen LogP contribution in [-0.2, 0) is 21.0 Å². The first-order valence-corrected chi connectivity index (χ1v) is 23.2. The quantitative estimate of drug-likeness (QED) is 0.226. The van der Waals surface area contributed by atoms with E-state index in [1.807, 2.05) is 18.7 Å². The van der Waals surface area contributed by atoms with E-state index in [1.54, 1.807) is 21.6 Å². The van der Waals surface area contributed by atoms with Crippen LogP contribution in [0.2, 0.25) is 0 Å². The number of allylic oxidation sites excluding steroid dienone is 4. The van der Waals surface area contributed by atoms with Crippen molar-refractivity contribution in [2.24, 2.45) is 0 Å². The van der Waals surface area contributed by atoms with Gasteiger partial charge in [0.15, 0.2) is 0 Å². The molecular formula is C46H50N2OS4. The molecule has 2 saturated heterocycles. The van der Waals surface area contributed by atoms with Gasteiger partial charge in [-0.3, -0.25) is 9.69 Å². The van der Waals surface area contributed by atoms with Gasteiger partial charge in [-0.1, -0.05) is 106 Å². The third-order valence-corrected chi connectivity index (χ3v) is 17.6. The first-order valence-electron chi connectivity index (χ1n) is 20.5. The lowest BCUT2D eigenvalue weighted by Gasteiger charge is -2.38. The zero-order valence-corrected chi connectivity index (χ0v) is 34.5. The third-order valence-electron chi connectivity index (χ3n) is 14.6. The van der Waals surface area contributed by atoms with Gasteiger partial charge in [0.05, 0.1) is 10.8 Å². The first kappa shape index (κ1) is 35.0. The van der Waals surface area contributed by atoms with Crippen LogP contribution in [0.5, 0.6) is 0 Å². The highest BCUT2D eigenvalue weighted by Gasteiger charge is 2.50. The van der Waals surface area contributed by atoms with E-state index in [1.165, 1.54) is 139 Å². The summed E-state index contributed by atoms with van der Waals surface area (Å²) in [4.78, 5) is 20.7. The number of thioether (sulfide) groups is 2. The Morgan fingerprint density at radius 3 is 1.58 bits per heavy atom. The van der Waals surface area contributed by atoms with Crippen LogP contribution in [0.3, 0.4) is 0 Å². The third kappa shape index (κ3) is 5.08. The molecule has 2 aromatic carbocycles. The number of carbonyl (C=O) groups excluding carboxylic acids is 1. The van der Waals surface area contributed by atoms with Crippen LogP contribution in [-0.4, -0.2) is 44.0 Å². The lowest BCUT2D eigenvalue weighted by Crippen LogP contribution is -2.30. The van der Waals surface area contributed by atoms with E-state index >= 15 is 0 Å². The Hall–Kier alpha value is -2.45. The number of amides is 1. The van der Waals surface area contributed by atoms with Gasteiger partial charge in [0, 0.05) is 34.2 Å². The lowest BCUT2D eigenvalue weighted by molar-refractivity contribution is -0.122. The molecule has 6 aliphatic carbocycles. The van der Waals surface area contributed by atoms with Gasteiger partial charge in [-0.15, -0.1) is 11.8 Å². The van der Waals surface area contributed by atoms with Gasteiger partial charge < -0.3 is 4.90 Å². The summed E-state index contributed by atoms with van der Waals surface area (Å²) in [5.74, 6) is 1.05. The Morgan fingerprint density at radius 1 is 0.642 bits per heavy atom. The molecule has 0 aromatic heterocycles. The molecule has 0 unspecified atom stereocenters. The molecule has 0 N–H and O–H groups in total. The minimum atomic E-state index is -0.0356. The van der Waals surface area contributed by atoms with Crippen molar-refractivity contribution < 1.29 is 4.79 Å². The number of hydrogen-bond acceptors (Lipinski definition) is 5. The van der Waals surface area contributed by atoms with Crippen LogP contribution in [0, 0.1) is 0 Å². The molecular weight excluding hydrogens is 725 g/mol. The van der Waals surface area contributed by atoms with Gasteiger partial charge in [-0.2, -0.15) is 0 Å². The molecule has 2 aromatic rings. The van der Waals surface area contributed by atoms with Gasteiger partial charge in [0.2, 0.25) is 0 Å². The fraction of sp³-hybridized carbons (Fsp3) is 0.500. The van der Waals surface area contributed by atoms with Crippen molar-refractivity contribution in [1.29, 1.82) is 0 Å². The van der Waals surface area contributed by atoms with Crippen molar-refractivity contribution >= 4 is 75.3 Å². The molecule has 2 aliphatic heterocycles. The summed E-state index contributed by atoms with van der Waals surface area (Å²) < 4.78 is 0.692. The number of likely N-dealkylation sites (N-methyl/N-ethyl adjacent to an activating group) is 2. The van der Waals surface area contributed by atoms with Crippen molar-refractivity contribution in [2.75, 3.05) is 19.0 Å². The molecule has 7 heteroatoms. The lowest BCUT2D eigenvalue weighted by atomic mass is 9.65. The fourth-order valence-electron chi connectivity index (χ4n) is 11.9. The number of nitrogens with zero attached hydrogens (tertiary/aromatic N) is 2. The molecule has 5 fully saturated rings. The maximum Gasteiger partial charge on any atom is 0.266 e. The molecule has 2 heterocycles. The van der Waals surface area contributed by atoms with E-state index in [4.69, 9.17) is 24.4 Å². The molecule has 274 valence electrons. The van der Waals surface area contributed by atoms with Crippen molar-refractivity contribution in [1.82, 2.24) is 9.80 Å². The van der Waals surface area contributed by atoms with Crippen LogP contribution >= 0.6 is 48.0 Å². The minimum Gasteiger partial charge on any atom is -0.353 e. The summed E-state index contributed by atoms with van der Waals surface area (Å²) in [6.45, 7) is 5.84. The number of benzene rings is 2. The maximum absolute atomic E-state index is 13.5. The summed E-state index contributed by atoms with van der Waals surface area (Å²) >= 11 is 15.1. The highest BCUT2D eigenvalue weighted by molar-refractivity contribution is 8.26. The van der Waals surface area contributed by atoms with Gasteiger partial charge in [-0.05, 0) is 144 Å². The van der Waals surface area contributed by atoms with E-state index in [0.717, 1.165) is 35.2 Å². The topological polar surface area (TPSA) is 23.6 Å². The van der Waals surface area contributed by atoms with Crippen LogP contribution in [0.4, 0.5) is 0 Å². The number of thiocarbonyl (C=S) groups is 2. The Bertz CT molecular complexity index is 2100. The number of carbonyl (C=O) groups is 1. The average Bonchev–Trinajstić information content (AvgIpc) is 3.91. The maximum atomic E-state index is 13.5. The normalized spacial score (nSPS) is 26.3. The fourth-order valence-corrected chi connectivity index (χ4v) is 14.9. The van der Waals surface area contributed by atoms with E-state index in [0.29, 0.717) is 10.9 Å². The molecule has 0 radical (unpaired) electrons. The van der Waals surface area contributed by atoms with Crippen molar-refractivity contribution in [3.8, 4) is 11.1 Å². The summed E-state index contributed by atoms with van der Waals surface area (Å²) in [6, 6.07) is 10.7. The largest absolute Gasteiger partial charge is 0.353 e. The average molecular weight is 775 g/mol. The van der Waals surface area contributed by atoms with Crippen LogP contribution in [0.1, 0.15) is 144 Å². The minimum absolute atomic E-state index is 0.0356. The van der Waals surface area contributed by atoms with Crippen molar-refractivity contribution in [2.45, 2.75) is 126 Å². The van der Waals surface area contributed by atoms with Gasteiger partial charge in [0.25, 0.3) is 5.91 Å². The predicted octanol–water partition coefficient (Wildman–Crippen LogP) is 12.1. The molecule has 3 spiro atoms. The highest BCUT2D eigenvalue weighted by Crippen LogP contribution is 2.62. The first-order chi connectivity index (χ1) is 25.8. The second-order valence-electron chi connectivity index (χ2n) is 17.0. The summed E-state index contributed by atoms with van der Waals surface area (Å²) in [7, 11) is 0. The second kappa shape index (κ2) is 13.1. The number of rotatable bonds is 4. The molecule has 10 rings (SSSR count). The van der Waals surface area contributed by atoms with Crippen LogP contribution in [0.15, 0.2) is 57.4 Å². The standard InChI is InChI=1S/C46H50N2OS4/c1-3-47-28-52-40(42(47)50)25-32-21-30-23-38-34(27-36(30)45(32)16-10-6-11-17-45)33-26-35-29(22-37(33)46(38)18-12-7-13-19-46)20-31(44(35)14-8-5-9-15-44)24-39-41(49)48(4-2)43(51)53-39/h20-27H,3-19,28H2,1-2H3/b39-24-,40-25-. The smallest absolute Gasteiger partial charge is 0.266 e. The molecule has 3 saturated carbocycles. The molecule has 53 heavy (non-hydrogen) atoms. The van der Waals surface area contributed by atoms with E-state index in [-0.39, 0.29) is 22.2 Å². The van der Waals surface area contributed by atoms with Gasteiger partial charge >= 0.3 is 0 Å². The zero-order chi connectivity index (χ0) is 36.1. The summed E-state index contributed by atoms with van der Waals surface area (Å²) in [5.41, 5.74) is 15.1. The number of fused-ring (bicyclic) bond motifs is 9. The zero-order valence-electron chi connectivity index (χ0n) is 31.3. The molecule has 3 nitrogen and oxygen atoms in total. The highest BCUT2D eigenvalue weighted by atomic mass is 32.2. The molecule has 1 amide bonds. The molecule has 0 bridgehead atoms. The van der Waals surface area contributed by atoms with Crippen molar-refractivity contribution in [3.63, 3.8) is 0 Å². The Morgan fingerprint density at radius 2 is 1.13 bits per heavy atom. The second-order valence-corrected chi connectivity index (χ2v) is 20.0. The number of hydrogen-bond donors (Lipinski definition) is 0. The summed E-state index contributed by atoms with van der Waals surface area (Å²) in [5, 5.41) is 0. The van der Waals surface area contributed by atoms with E-state index < -0.39 is 0 Å².